The highest BCUT2D eigenvalue weighted by molar-refractivity contribution is 6.08. The molecule has 0 spiro atoms. The lowest BCUT2D eigenvalue weighted by atomic mass is 10.1. The van der Waals surface area contributed by atoms with Gasteiger partial charge in [0.1, 0.15) is 5.78 Å². The van der Waals surface area contributed by atoms with Crippen LogP contribution in [0.3, 0.4) is 0 Å². The molecule has 0 fully saturated rings. The topological polar surface area (TPSA) is 42.0 Å². The Labute approximate surface area is 146 Å². The average molecular weight is 326 g/mol. The van der Waals surface area contributed by atoms with Crippen LogP contribution in [0.1, 0.15) is 12.5 Å². The number of rotatable bonds is 4. The van der Waals surface area contributed by atoms with Gasteiger partial charge in [-0.25, -0.2) is 4.98 Å². The molecule has 25 heavy (non-hydrogen) atoms. The molecular weight excluding hydrogens is 308 g/mol. The second kappa shape index (κ2) is 6.36. The van der Waals surface area contributed by atoms with E-state index in [0.29, 0.717) is 6.42 Å². The zero-order valence-electron chi connectivity index (χ0n) is 14.0. The average Bonchev–Trinajstić information content (AvgIpc) is 2.62. The van der Waals surface area contributed by atoms with E-state index in [1.54, 1.807) is 6.92 Å². The summed E-state index contributed by atoms with van der Waals surface area (Å²) in [4.78, 5) is 16.0. The molecule has 0 aliphatic heterocycles. The minimum absolute atomic E-state index is 0.173. The van der Waals surface area contributed by atoms with Gasteiger partial charge in [-0.3, -0.25) is 4.79 Å². The second-order valence-electron chi connectivity index (χ2n) is 6.22. The number of hydrogen-bond donors (Lipinski definition) is 1. The van der Waals surface area contributed by atoms with Crippen LogP contribution in [0.15, 0.2) is 72.8 Å². The molecule has 4 rings (SSSR count). The minimum Gasteiger partial charge on any atom is -0.354 e. The predicted molar refractivity (Wildman–Crippen MR) is 103 cm³/mol. The highest BCUT2D eigenvalue weighted by Crippen LogP contribution is 2.32. The normalized spacial score (nSPS) is 10.9. The van der Waals surface area contributed by atoms with Gasteiger partial charge in [0.25, 0.3) is 0 Å². The molecule has 0 aliphatic rings. The molecule has 0 atom stereocenters. The summed E-state index contributed by atoms with van der Waals surface area (Å²) < 4.78 is 0. The molecule has 4 aromatic rings. The summed E-state index contributed by atoms with van der Waals surface area (Å²) in [6.07, 6.45) is 0.474. The molecule has 0 bridgehead atoms. The molecule has 0 radical (unpaired) electrons. The van der Waals surface area contributed by atoms with E-state index in [9.17, 15) is 4.79 Å². The van der Waals surface area contributed by atoms with Crippen molar-refractivity contribution < 1.29 is 4.79 Å². The first-order valence-corrected chi connectivity index (χ1v) is 8.33. The molecule has 3 nitrogen and oxygen atoms in total. The number of Topliss-reactive ketones (excluding diaryl/α,β-unsaturated/α-hetero) is 1. The molecular formula is C22H18N2O. The van der Waals surface area contributed by atoms with E-state index in [1.807, 2.05) is 60.7 Å². The first kappa shape index (κ1) is 15.3. The van der Waals surface area contributed by atoms with Gasteiger partial charge in [0.2, 0.25) is 0 Å². The number of carbonyl (C=O) groups is 1. The minimum atomic E-state index is 0.173. The highest BCUT2D eigenvalue weighted by atomic mass is 16.1. The Bertz CT molecular complexity index is 1010. The van der Waals surface area contributed by atoms with Crippen molar-refractivity contribution in [3.05, 3.63) is 78.4 Å². The van der Waals surface area contributed by atoms with E-state index in [1.165, 1.54) is 0 Å². The number of carbonyl (C=O) groups excluding carboxylic acids is 1. The number of ketones is 1. The fraction of sp³-hybridized carbons (Fsp3) is 0.0909. The number of nitrogens with zero attached hydrogens (tertiary/aromatic N) is 1. The maximum Gasteiger partial charge on any atom is 0.134 e. The van der Waals surface area contributed by atoms with Gasteiger partial charge in [-0.05, 0) is 36.8 Å². The largest absolute Gasteiger partial charge is 0.354 e. The maximum atomic E-state index is 11.3. The molecule has 0 aliphatic carbocycles. The van der Waals surface area contributed by atoms with E-state index in [-0.39, 0.29) is 5.78 Å². The standard InChI is InChI=1S/C22H18N2O/c1-15(25)14-16-10-12-17(13-11-16)23-22-18-6-2-4-8-20(18)24-21-9-5-3-7-19(21)22/h2-13H,14H2,1H3,(H,23,24). The Kier molecular flexibility index (Phi) is 3.90. The van der Waals surface area contributed by atoms with Crippen LogP contribution in [0.25, 0.3) is 21.8 Å². The van der Waals surface area contributed by atoms with Crippen molar-refractivity contribution in [2.75, 3.05) is 5.32 Å². The first-order chi connectivity index (χ1) is 12.2. The summed E-state index contributed by atoms with van der Waals surface area (Å²) in [6.45, 7) is 1.61. The molecule has 1 aromatic heterocycles. The third-order valence-electron chi connectivity index (χ3n) is 4.26. The van der Waals surface area contributed by atoms with Crippen molar-refractivity contribution >= 4 is 39.0 Å². The molecule has 3 aromatic carbocycles. The number of hydrogen-bond acceptors (Lipinski definition) is 3. The highest BCUT2D eigenvalue weighted by Gasteiger charge is 2.09. The van der Waals surface area contributed by atoms with Gasteiger partial charge in [0.15, 0.2) is 0 Å². The molecule has 0 saturated carbocycles. The van der Waals surface area contributed by atoms with Crippen molar-refractivity contribution in [1.29, 1.82) is 0 Å². The summed E-state index contributed by atoms with van der Waals surface area (Å²) >= 11 is 0. The van der Waals surface area contributed by atoms with Gasteiger partial charge < -0.3 is 5.32 Å². The zero-order valence-corrected chi connectivity index (χ0v) is 14.0. The Morgan fingerprint density at radius 2 is 1.40 bits per heavy atom. The summed E-state index contributed by atoms with van der Waals surface area (Å²) in [5, 5.41) is 5.73. The van der Waals surface area contributed by atoms with Crippen LogP contribution in [0.5, 0.6) is 0 Å². The van der Waals surface area contributed by atoms with Gasteiger partial charge in [0.05, 0.1) is 16.7 Å². The van der Waals surface area contributed by atoms with Gasteiger partial charge in [-0.15, -0.1) is 0 Å². The van der Waals surface area contributed by atoms with Crippen LogP contribution in [0.4, 0.5) is 11.4 Å². The molecule has 0 amide bonds. The molecule has 0 saturated heterocycles. The molecule has 1 heterocycles. The lowest BCUT2D eigenvalue weighted by Gasteiger charge is -2.13. The first-order valence-electron chi connectivity index (χ1n) is 8.33. The van der Waals surface area contributed by atoms with Crippen LogP contribution in [-0.2, 0) is 11.2 Å². The fourth-order valence-corrected chi connectivity index (χ4v) is 3.11. The second-order valence-corrected chi connectivity index (χ2v) is 6.22. The quantitative estimate of drug-likeness (QED) is 0.520. The summed E-state index contributed by atoms with van der Waals surface area (Å²) in [5.41, 5.74) is 5.02. The van der Waals surface area contributed by atoms with E-state index in [2.05, 4.69) is 17.4 Å². The number of para-hydroxylation sites is 2. The lowest BCUT2D eigenvalue weighted by molar-refractivity contribution is -0.116. The van der Waals surface area contributed by atoms with E-state index in [0.717, 1.165) is 38.7 Å². The zero-order chi connectivity index (χ0) is 17.2. The molecule has 122 valence electrons. The summed E-state index contributed by atoms with van der Waals surface area (Å²) in [6, 6.07) is 24.3. The van der Waals surface area contributed by atoms with Gasteiger partial charge in [-0.1, -0.05) is 48.5 Å². The van der Waals surface area contributed by atoms with Crippen LogP contribution in [-0.4, -0.2) is 10.8 Å². The summed E-state index contributed by atoms with van der Waals surface area (Å²) in [7, 11) is 0. The fourth-order valence-electron chi connectivity index (χ4n) is 3.11. The van der Waals surface area contributed by atoms with Crippen molar-refractivity contribution in [2.24, 2.45) is 0 Å². The molecule has 0 unspecified atom stereocenters. The van der Waals surface area contributed by atoms with Gasteiger partial charge >= 0.3 is 0 Å². The number of benzene rings is 3. The number of pyridine rings is 1. The van der Waals surface area contributed by atoms with Crippen LogP contribution < -0.4 is 5.32 Å². The van der Waals surface area contributed by atoms with Crippen molar-refractivity contribution in [3.8, 4) is 0 Å². The summed E-state index contributed by atoms with van der Waals surface area (Å²) in [5.74, 6) is 0.173. The number of aromatic nitrogens is 1. The van der Waals surface area contributed by atoms with E-state index in [4.69, 9.17) is 4.98 Å². The van der Waals surface area contributed by atoms with Crippen molar-refractivity contribution in [1.82, 2.24) is 4.98 Å². The molecule has 1 N–H and O–H groups in total. The SMILES string of the molecule is CC(=O)Cc1ccc(Nc2c3ccccc3nc3ccccc23)cc1. The number of nitrogens with one attached hydrogen (secondary N) is 1. The van der Waals surface area contributed by atoms with Gasteiger partial charge in [0, 0.05) is 22.9 Å². The van der Waals surface area contributed by atoms with Crippen LogP contribution in [0.2, 0.25) is 0 Å². The predicted octanol–water partition coefficient (Wildman–Crippen LogP) is 5.26. The molecule has 3 heteroatoms. The smallest absolute Gasteiger partial charge is 0.134 e. The monoisotopic (exact) mass is 326 g/mol. The number of fused-ring (bicyclic) bond motifs is 2. The maximum absolute atomic E-state index is 11.3. The van der Waals surface area contributed by atoms with Crippen molar-refractivity contribution in [2.45, 2.75) is 13.3 Å². The third kappa shape index (κ3) is 3.09. The van der Waals surface area contributed by atoms with E-state index < -0.39 is 0 Å². The Hall–Kier alpha value is -3.20. The van der Waals surface area contributed by atoms with Crippen molar-refractivity contribution in [3.63, 3.8) is 0 Å². The van der Waals surface area contributed by atoms with Crippen LogP contribution in [0, 0.1) is 0 Å². The Morgan fingerprint density at radius 3 is 1.96 bits per heavy atom. The Morgan fingerprint density at radius 1 is 0.840 bits per heavy atom. The number of anilines is 2. The Balaban J connectivity index is 1.80. The van der Waals surface area contributed by atoms with Crippen LogP contribution >= 0.6 is 0 Å². The third-order valence-corrected chi connectivity index (χ3v) is 4.26. The van der Waals surface area contributed by atoms with Gasteiger partial charge in [-0.2, -0.15) is 0 Å². The lowest BCUT2D eigenvalue weighted by Crippen LogP contribution is -1.98. The van der Waals surface area contributed by atoms with E-state index >= 15 is 0 Å².